The lowest BCUT2D eigenvalue weighted by atomic mass is 10.0. The van der Waals surface area contributed by atoms with E-state index in [9.17, 15) is 9.59 Å². The van der Waals surface area contributed by atoms with Gasteiger partial charge < -0.3 is 5.32 Å². The fourth-order valence-corrected chi connectivity index (χ4v) is 3.73. The molecule has 0 bridgehead atoms. The molecular weight excluding hydrogens is 300 g/mol. The lowest BCUT2D eigenvalue weighted by molar-refractivity contribution is -0.116. The molecule has 0 aliphatic heterocycles. The quantitative estimate of drug-likeness (QED) is 0.936. The highest BCUT2D eigenvalue weighted by Crippen LogP contribution is 2.29. The van der Waals surface area contributed by atoms with Crippen LogP contribution in [0.25, 0.3) is 0 Å². The van der Waals surface area contributed by atoms with Gasteiger partial charge in [-0.3, -0.25) is 14.2 Å². The molecule has 116 valence electrons. The molecule has 2 aromatic rings. The van der Waals surface area contributed by atoms with Crippen molar-refractivity contribution >= 4 is 22.4 Å². The van der Waals surface area contributed by atoms with Gasteiger partial charge >= 0.3 is 0 Å². The van der Waals surface area contributed by atoms with Gasteiger partial charge in [-0.25, -0.2) is 9.97 Å². The standard InChI is InChI=1S/C15H18N4O2S/c1-9-7-14(21)19(10(2)16-9)8-13(20)18-15-17-11-5-3-4-6-12(11)22-15/h7H,3-6,8H2,1-2H3,(H,17,18,20). The number of thiazole rings is 1. The first-order valence-corrected chi connectivity index (χ1v) is 8.18. The second-order valence-electron chi connectivity index (χ2n) is 5.51. The number of aryl methyl sites for hydroxylation is 4. The van der Waals surface area contributed by atoms with E-state index in [1.807, 2.05) is 0 Å². The summed E-state index contributed by atoms with van der Waals surface area (Å²) in [5.41, 5.74) is 1.56. The third kappa shape index (κ3) is 3.09. The highest BCUT2D eigenvalue weighted by molar-refractivity contribution is 7.15. The molecule has 1 aliphatic rings. The van der Waals surface area contributed by atoms with Crippen molar-refractivity contribution in [2.75, 3.05) is 5.32 Å². The van der Waals surface area contributed by atoms with Crippen LogP contribution in [0.15, 0.2) is 10.9 Å². The summed E-state index contributed by atoms with van der Waals surface area (Å²) in [5, 5.41) is 3.43. The minimum absolute atomic E-state index is 0.0395. The van der Waals surface area contributed by atoms with Crippen molar-refractivity contribution in [1.29, 1.82) is 0 Å². The molecule has 0 spiro atoms. The van der Waals surface area contributed by atoms with Gasteiger partial charge in [0.1, 0.15) is 12.4 Å². The average molecular weight is 318 g/mol. The summed E-state index contributed by atoms with van der Waals surface area (Å²) >= 11 is 1.54. The number of hydrogen-bond acceptors (Lipinski definition) is 5. The highest BCUT2D eigenvalue weighted by Gasteiger charge is 2.17. The third-order valence-electron chi connectivity index (χ3n) is 3.72. The lowest BCUT2D eigenvalue weighted by Gasteiger charge is -2.08. The maximum atomic E-state index is 12.2. The number of nitrogens with one attached hydrogen (secondary N) is 1. The molecule has 0 atom stereocenters. The van der Waals surface area contributed by atoms with Gasteiger partial charge in [-0.15, -0.1) is 11.3 Å². The lowest BCUT2D eigenvalue weighted by Crippen LogP contribution is -2.29. The van der Waals surface area contributed by atoms with Crippen LogP contribution in [0.5, 0.6) is 0 Å². The van der Waals surface area contributed by atoms with Gasteiger partial charge in [0.05, 0.1) is 5.69 Å². The third-order valence-corrected chi connectivity index (χ3v) is 4.79. The molecule has 0 unspecified atom stereocenters. The summed E-state index contributed by atoms with van der Waals surface area (Å²) < 4.78 is 1.37. The predicted molar refractivity (Wildman–Crippen MR) is 85.4 cm³/mol. The molecule has 0 aromatic carbocycles. The number of rotatable bonds is 3. The smallest absolute Gasteiger partial charge is 0.254 e. The average Bonchev–Trinajstić information content (AvgIpc) is 2.84. The normalized spacial score (nSPS) is 13.7. The number of anilines is 1. The fraction of sp³-hybridized carbons (Fsp3) is 0.467. The predicted octanol–water partition coefficient (Wildman–Crippen LogP) is 1.83. The van der Waals surface area contributed by atoms with Crippen LogP contribution in [0.2, 0.25) is 0 Å². The Kier molecular flexibility index (Phi) is 4.06. The molecule has 0 saturated carbocycles. The zero-order valence-corrected chi connectivity index (χ0v) is 13.5. The largest absolute Gasteiger partial charge is 0.300 e. The number of aromatic nitrogens is 3. The molecule has 0 fully saturated rings. The van der Waals surface area contributed by atoms with Crippen molar-refractivity contribution in [3.05, 3.63) is 38.5 Å². The SMILES string of the molecule is Cc1cc(=O)n(CC(=O)Nc2nc3c(s2)CCCC3)c(C)n1. The monoisotopic (exact) mass is 318 g/mol. The van der Waals surface area contributed by atoms with Crippen LogP contribution in [0.1, 0.15) is 34.9 Å². The molecule has 6 nitrogen and oxygen atoms in total. The Labute approximate surface area is 132 Å². The Morgan fingerprint density at radius 3 is 2.82 bits per heavy atom. The van der Waals surface area contributed by atoms with E-state index in [0.717, 1.165) is 25.0 Å². The maximum absolute atomic E-state index is 12.2. The molecule has 7 heteroatoms. The Balaban J connectivity index is 1.73. The molecule has 1 N–H and O–H groups in total. The van der Waals surface area contributed by atoms with Gasteiger partial charge in [0.15, 0.2) is 5.13 Å². The van der Waals surface area contributed by atoms with Crippen LogP contribution in [-0.4, -0.2) is 20.4 Å². The second kappa shape index (κ2) is 6.00. The van der Waals surface area contributed by atoms with E-state index in [-0.39, 0.29) is 18.0 Å². The van der Waals surface area contributed by atoms with E-state index in [0.29, 0.717) is 16.6 Å². The first-order valence-electron chi connectivity index (χ1n) is 7.36. The summed E-state index contributed by atoms with van der Waals surface area (Å²) in [6.45, 7) is 3.45. The number of carbonyl (C=O) groups excluding carboxylic acids is 1. The molecular formula is C15H18N4O2S. The molecule has 1 amide bonds. The number of nitrogens with zero attached hydrogens (tertiary/aromatic N) is 3. The second-order valence-corrected chi connectivity index (χ2v) is 6.60. The molecule has 2 heterocycles. The Morgan fingerprint density at radius 2 is 2.09 bits per heavy atom. The van der Waals surface area contributed by atoms with Gasteiger partial charge in [-0.2, -0.15) is 0 Å². The Morgan fingerprint density at radius 1 is 1.32 bits per heavy atom. The van der Waals surface area contributed by atoms with E-state index in [4.69, 9.17) is 0 Å². The number of fused-ring (bicyclic) bond motifs is 1. The topological polar surface area (TPSA) is 76.9 Å². The van der Waals surface area contributed by atoms with Crippen LogP contribution in [-0.2, 0) is 24.2 Å². The van der Waals surface area contributed by atoms with E-state index in [1.165, 1.54) is 33.3 Å². The first-order chi connectivity index (χ1) is 10.5. The van der Waals surface area contributed by atoms with Crippen molar-refractivity contribution in [3.63, 3.8) is 0 Å². The molecule has 22 heavy (non-hydrogen) atoms. The number of hydrogen-bond donors (Lipinski definition) is 1. The fourth-order valence-electron chi connectivity index (χ4n) is 2.66. The molecule has 3 rings (SSSR count). The molecule has 0 saturated heterocycles. The van der Waals surface area contributed by atoms with Gasteiger partial charge in [0.25, 0.3) is 5.56 Å². The van der Waals surface area contributed by atoms with Crippen LogP contribution in [0, 0.1) is 13.8 Å². The van der Waals surface area contributed by atoms with Crippen LogP contribution in [0.3, 0.4) is 0 Å². The van der Waals surface area contributed by atoms with Crippen molar-refractivity contribution in [1.82, 2.24) is 14.5 Å². The van der Waals surface area contributed by atoms with Crippen molar-refractivity contribution < 1.29 is 4.79 Å². The maximum Gasteiger partial charge on any atom is 0.254 e. The zero-order valence-electron chi connectivity index (χ0n) is 12.7. The van der Waals surface area contributed by atoms with Gasteiger partial charge in [0.2, 0.25) is 5.91 Å². The molecule has 1 aliphatic carbocycles. The van der Waals surface area contributed by atoms with Crippen molar-refractivity contribution in [3.8, 4) is 0 Å². The van der Waals surface area contributed by atoms with Crippen molar-refractivity contribution in [2.24, 2.45) is 0 Å². The summed E-state index contributed by atoms with van der Waals surface area (Å²) in [6.07, 6.45) is 4.38. The van der Waals surface area contributed by atoms with Crippen LogP contribution >= 0.6 is 11.3 Å². The first kappa shape index (κ1) is 14.9. The summed E-state index contributed by atoms with van der Waals surface area (Å²) in [7, 11) is 0. The van der Waals surface area contributed by atoms with Crippen LogP contribution < -0.4 is 10.9 Å². The van der Waals surface area contributed by atoms with E-state index in [2.05, 4.69) is 15.3 Å². The molecule has 2 aromatic heterocycles. The molecule has 0 radical (unpaired) electrons. The van der Waals surface area contributed by atoms with E-state index >= 15 is 0 Å². The highest BCUT2D eigenvalue weighted by atomic mass is 32.1. The summed E-state index contributed by atoms with van der Waals surface area (Å²) in [4.78, 5) is 34.1. The van der Waals surface area contributed by atoms with E-state index in [1.54, 1.807) is 13.8 Å². The Bertz CT molecular complexity index is 755. The number of carbonyl (C=O) groups is 1. The minimum Gasteiger partial charge on any atom is -0.300 e. The zero-order chi connectivity index (χ0) is 15.7. The van der Waals surface area contributed by atoms with Crippen LogP contribution in [0.4, 0.5) is 5.13 Å². The van der Waals surface area contributed by atoms with Gasteiger partial charge in [0, 0.05) is 16.6 Å². The summed E-state index contributed by atoms with van der Waals surface area (Å²) in [5.74, 6) is 0.292. The minimum atomic E-state index is -0.248. The van der Waals surface area contributed by atoms with Gasteiger partial charge in [-0.05, 0) is 39.5 Å². The van der Waals surface area contributed by atoms with Gasteiger partial charge in [-0.1, -0.05) is 0 Å². The summed E-state index contributed by atoms with van der Waals surface area (Å²) in [6, 6.07) is 1.43. The van der Waals surface area contributed by atoms with Crippen molar-refractivity contribution in [2.45, 2.75) is 46.1 Å². The number of amides is 1. The van der Waals surface area contributed by atoms with E-state index < -0.39 is 0 Å². The Hall–Kier alpha value is -2.02.